The Kier molecular flexibility index (Phi) is 5.96. The maximum atomic E-state index is 12.4. The summed E-state index contributed by atoms with van der Waals surface area (Å²) in [5.74, 6) is -0.0170. The summed E-state index contributed by atoms with van der Waals surface area (Å²) < 4.78 is 1.67. The smallest absolute Gasteiger partial charge is 0.220 e. The first-order valence-corrected chi connectivity index (χ1v) is 9.55. The number of rotatable bonds is 6. The minimum atomic E-state index is -0.0170. The second-order valence-electron chi connectivity index (χ2n) is 6.93. The molecule has 0 bridgehead atoms. The van der Waals surface area contributed by atoms with Gasteiger partial charge in [0.25, 0.3) is 0 Å². The number of nitrogens with one attached hydrogen (secondary N) is 1. The van der Waals surface area contributed by atoms with Crippen LogP contribution in [0.4, 0.5) is 0 Å². The number of halogens is 1. The molecule has 2 heterocycles. The average molecular weight is 396 g/mol. The summed E-state index contributed by atoms with van der Waals surface area (Å²) in [6.07, 6.45) is 3.12. The van der Waals surface area contributed by atoms with Gasteiger partial charge in [0.1, 0.15) is 11.6 Å². The van der Waals surface area contributed by atoms with Gasteiger partial charge in [-0.05, 0) is 50.8 Å². The van der Waals surface area contributed by atoms with E-state index >= 15 is 0 Å². The van der Waals surface area contributed by atoms with Crippen molar-refractivity contribution in [2.75, 3.05) is 0 Å². The number of hydrogen-bond acceptors (Lipinski definition) is 4. The Bertz CT molecular complexity index is 1070. The fourth-order valence-electron chi connectivity index (χ4n) is 3.38. The van der Waals surface area contributed by atoms with E-state index in [9.17, 15) is 4.79 Å². The minimum Gasteiger partial charge on any atom is -0.353 e. The van der Waals surface area contributed by atoms with Gasteiger partial charge in [-0.25, -0.2) is 9.50 Å². The van der Waals surface area contributed by atoms with Crippen LogP contribution in [0.1, 0.15) is 41.4 Å². The fraction of sp³-hybridized carbons (Fsp3) is 0.333. The van der Waals surface area contributed by atoms with Crippen LogP contribution >= 0.6 is 11.6 Å². The lowest BCUT2D eigenvalue weighted by Crippen LogP contribution is -2.34. The van der Waals surface area contributed by atoms with Crippen LogP contribution in [0.15, 0.2) is 30.5 Å². The van der Waals surface area contributed by atoms with Gasteiger partial charge in [-0.1, -0.05) is 29.8 Å². The number of aromatic nitrogens is 3. The van der Waals surface area contributed by atoms with Crippen molar-refractivity contribution in [2.45, 2.75) is 46.1 Å². The summed E-state index contributed by atoms with van der Waals surface area (Å²) >= 11 is 6.19. The molecule has 0 saturated carbocycles. The normalized spacial score (nSPS) is 12.0. The topological polar surface area (TPSA) is 83.1 Å². The molecule has 28 heavy (non-hydrogen) atoms. The Morgan fingerprint density at radius 3 is 2.82 bits per heavy atom. The van der Waals surface area contributed by atoms with Crippen molar-refractivity contribution in [3.8, 4) is 6.07 Å². The van der Waals surface area contributed by atoms with Crippen molar-refractivity contribution in [1.29, 1.82) is 5.26 Å². The minimum absolute atomic E-state index is 0.0144. The van der Waals surface area contributed by atoms with Crippen molar-refractivity contribution < 1.29 is 4.79 Å². The zero-order valence-corrected chi connectivity index (χ0v) is 16.9. The number of nitriles is 1. The molecule has 0 spiro atoms. The third-order valence-corrected chi connectivity index (χ3v) is 5.19. The number of amides is 1. The number of carbonyl (C=O) groups excluding carboxylic acids is 1. The molecule has 0 fully saturated rings. The second-order valence-corrected chi connectivity index (χ2v) is 7.34. The van der Waals surface area contributed by atoms with Gasteiger partial charge in [-0.2, -0.15) is 10.4 Å². The molecule has 0 saturated heterocycles. The Labute approximate surface area is 169 Å². The van der Waals surface area contributed by atoms with Gasteiger partial charge in [0.05, 0.1) is 6.20 Å². The van der Waals surface area contributed by atoms with E-state index in [1.54, 1.807) is 4.52 Å². The fourth-order valence-corrected chi connectivity index (χ4v) is 3.59. The molecular formula is C21H22ClN5O. The summed E-state index contributed by atoms with van der Waals surface area (Å²) in [6, 6.07) is 9.75. The van der Waals surface area contributed by atoms with Gasteiger partial charge >= 0.3 is 0 Å². The number of benzene rings is 1. The Morgan fingerprint density at radius 2 is 2.11 bits per heavy atom. The molecule has 1 N–H and O–H groups in total. The lowest BCUT2D eigenvalue weighted by atomic mass is 10.0. The predicted molar refractivity (Wildman–Crippen MR) is 108 cm³/mol. The van der Waals surface area contributed by atoms with Crippen LogP contribution in [0.2, 0.25) is 5.02 Å². The molecule has 1 atom stereocenters. The third kappa shape index (κ3) is 4.15. The van der Waals surface area contributed by atoms with E-state index in [1.807, 2.05) is 45.0 Å². The molecule has 0 unspecified atom stereocenters. The van der Waals surface area contributed by atoms with E-state index in [0.29, 0.717) is 35.5 Å². The molecule has 0 aliphatic rings. The van der Waals surface area contributed by atoms with Gasteiger partial charge in [0.15, 0.2) is 5.65 Å². The van der Waals surface area contributed by atoms with Gasteiger partial charge in [-0.3, -0.25) is 4.79 Å². The zero-order chi connectivity index (χ0) is 20.3. The molecule has 0 aliphatic carbocycles. The van der Waals surface area contributed by atoms with Crippen LogP contribution in [0.5, 0.6) is 0 Å². The van der Waals surface area contributed by atoms with Crippen LogP contribution in [-0.2, 0) is 17.6 Å². The number of aryl methyl sites for hydroxylation is 2. The lowest BCUT2D eigenvalue weighted by molar-refractivity contribution is -0.121. The van der Waals surface area contributed by atoms with Crippen LogP contribution in [0.25, 0.3) is 5.65 Å². The van der Waals surface area contributed by atoms with Crippen LogP contribution < -0.4 is 5.32 Å². The summed E-state index contributed by atoms with van der Waals surface area (Å²) in [5, 5.41) is 17.1. The summed E-state index contributed by atoms with van der Waals surface area (Å²) in [4.78, 5) is 16.9. The molecule has 2 aromatic heterocycles. The first kappa shape index (κ1) is 19.8. The first-order valence-electron chi connectivity index (χ1n) is 9.17. The van der Waals surface area contributed by atoms with Crippen molar-refractivity contribution in [2.24, 2.45) is 0 Å². The molecule has 3 rings (SSSR count). The number of nitrogens with zero attached hydrogens (tertiary/aromatic N) is 4. The highest BCUT2D eigenvalue weighted by Gasteiger charge is 2.16. The molecular weight excluding hydrogens is 374 g/mol. The molecule has 7 heteroatoms. The molecule has 0 radical (unpaired) electrons. The Hall–Kier alpha value is -2.91. The van der Waals surface area contributed by atoms with E-state index in [2.05, 4.69) is 21.5 Å². The highest BCUT2D eigenvalue weighted by Crippen LogP contribution is 2.19. The third-order valence-electron chi connectivity index (χ3n) is 4.82. The van der Waals surface area contributed by atoms with Gasteiger partial charge in [0.2, 0.25) is 5.91 Å². The van der Waals surface area contributed by atoms with E-state index in [4.69, 9.17) is 16.9 Å². The van der Waals surface area contributed by atoms with Crippen molar-refractivity contribution in [3.05, 3.63) is 63.6 Å². The second kappa shape index (κ2) is 8.41. The standard InChI is InChI=1S/C21H22ClN5O/c1-13(10-16-6-4-5-7-19(16)22)25-20(28)9-8-18-14(2)26-21-17(11-23)12-24-27(21)15(18)3/h4-7,12-13H,8-10H2,1-3H3,(H,25,28)/t13-/m1/s1. The highest BCUT2D eigenvalue weighted by molar-refractivity contribution is 6.31. The quantitative estimate of drug-likeness (QED) is 0.691. The van der Waals surface area contributed by atoms with Crippen molar-refractivity contribution in [3.63, 3.8) is 0 Å². The average Bonchev–Trinajstić information content (AvgIpc) is 3.06. The van der Waals surface area contributed by atoms with Crippen LogP contribution in [-0.4, -0.2) is 26.5 Å². The molecule has 0 aliphatic heterocycles. The van der Waals surface area contributed by atoms with Crippen molar-refractivity contribution >= 4 is 23.2 Å². The maximum absolute atomic E-state index is 12.4. The number of carbonyl (C=O) groups is 1. The molecule has 144 valence electrons. The van der Waals surface area contributed by atoms with E-state index in [-0.39, 0.29) is 11.9 Å². The maximum Gasteiger partial charge on any atom is 0.220 e. The van der Waals surface area contributed by atoms with Gasteiger partial charge in [0, 0.05) is 28.9 Å². The lowest BCUT2D eigenvalue weighted by Gasteiger charge is -2.16. The molecule has 1 aromatic carbocycles. The van der Waals surface area contributed by atoms with E-state index < -0.39 is 0 Å². The van der Waals surface area contributed by atoms with Crippen molar-refractivity contribution in [1.82, 2.24) is 19.9 Å². The van der Waals surface area contributed by atoms with Crippen LogP contribution in [0.3, 0.4) is 0 Å². The van der Waals surface area contributed by atoms with Gasteiger partial charge < -0.3 is 5.32 Å². The van der Waals surface area contributed by atoms with Gasteiger partial charge in [-0.15, -0.1) is 0 Å². The number of fused-ring (bicyclic) bond motifs is 1. The molecule has 1 amide bonds. The molecule has 6 nitrogen and oxygen atoms in total. The molecule has 3 aromatic rings. The predicted octanol–water partition coefficient (Wildman–Crippen LogP) is 3.55. The Balaban J connectivity index is 1.64. The van der Waals surface area contributed by atoms with E-state index in [1.165, 1.54) is 6.20 Å². The monoisotopic (exact) mass is 395 g/mol. The largest absolute Gasteiger partial charge is 0.353 e. The SMILES string of the molecule is Cc1nc2c(C#N)cnn2c(C)c1CCC(=O)N[C@H](C)Cc1ccccc1Cl. The summed E-state index contributed by atoms with van der Waals surface area (Å²) in [6.45, 7) is 5.80. The first-order chi connectivity index (χ1) is 13.4. The summed E-state index contributed by atoms with van der Waals surface area (Å²) in [5.41, 5.74) is 4.72. The number of hydrogen-bond donors (Lipinski definition) is 1. The summed E-state index contributed by atoms with van der Waals surface area (Å²) in [7, 11) is 0. The highest BCUT2D eigenvalue weighted by atomic mass is 35.5. The van der Waals surface area contributed by atoms with Crippen LogP contribution in [0, 0.1) is 25.2 Å². The Morgan fingerprint density at radius 1 is 1.36 bits per heavy atom. The zero-order valence-electron chi connectivity index (χ0n) is 16.2. The van der Waals surface area contributed by atoms with E-state index in [0.717, 1.165) is 22.5 Å².